The first-order valence-electron chi connectivity index (χ1n) is 8.61. The molecule has 1 aromatic carbocycles. The molecule has 1 aliphatic rings. The van der Waals surface area contributed by atoms with Gasteiger partial charge in [0.1, 0.15) is 23.2 Å². The van der Waals surface area contributed by atoms with Gasteiger partial charge in [0.2, 0.25) is 5.88 Å². The number of allylic oxidation sites excluding steroid dienone is 2. The maximum Gasteiger partial charge on any atom is 0.338 e. The summed E-state index contributed by atoms with van der Waals surface area (Å²) < 4.78 is 16.1. The van der Waals surface area contributed by atoms with E-state index < -0.39 is 11.9 Å². The lowest BCUT2D eigenvalue weighted by molar-refractivity contribution is -0.139. The lowest BCUT2D eigenvalue weighted by Crippen LogP contribution is -2.25. The molecule has 0 spiro atoms. The quantitative estimate of drug-likeness (QED) is 0.767. The van der Waals surface area contributed by atoms with Gasteiger partial charge in [0.25, 0.3) is 0 Å². The SMILES string of the molecule is CCOC(=O)C1=C(C)OC(N)=C(C#N)C1c1ccc(OC)c(CN(C)C)c1. The Morgan fingerprint density at radius 3 is 2.67 bits per heavy atom. The smallest absolute Gasteiger partial charge is 0.338 e. The molecule has 1 unspecified atom stereocenters. The normalized spacial score (nSPS) is 16.9. The molecular weight excluding hydrogens is 346 g/mol. The third-order valence-corrected chi connectivity index (χ3v) is 4.23. The highest BCUT2D eigenvalue weighted by atomic mass is 16.5. The molecule has 0 saturated heterocycles. The molecule has 1 heterocycles. The highest BCUT2D eigenvalue weighted by molar-refractivity contribution is 5.92. The first kappa shape index (κ1) is 20.3. The largest absolute Gasteiger partial charge is 0.496 e. The maximum absolute atomic E-state index is 12.6. The number of hydrogen-bond donors (Lipinski definition) is 1. The maximum atomic E-state index is 12.6. The molecule has 0 aliphatic carbocycles. The van der Waals surface area contributed by atoms with Gasteiger partial charge >= 0.3 is 5.97 Å². The number of benzene rings is 1. The Labute approximate surface area is 159 Å². The van der Waals surface area contributed by atoms with Crippen LogP contribution in [0, 0.1) is 11.3 Å². The Morgan fingerprint density at radius 2 is 2.11 bits per heavy atom. The zero-order chi connectivity index (χ0) is 20.1. The van der Waals surface area contributed by atoms with Crippen molar-refractivity contribution in [2.75, 3.05) is 27.8 Å². The van der Waals surface area contributed by atoms with Crippen LogP contribution >= 0.6 is 0 Å². The van der Waals surface area contributed by atoms with Crippen molar-refractivity contribution in [1.29, 1.82) is 5.26 Å². The number of ether oxygens (including phenoxy) is 3. The van der Waals surface area contributed by atoms with Gasteiger partial charge < -0.3 is 24.8 Å². The first-order valence-corrected chi connectivity index (χ1v) is 8.61. The average Bonchev–Trinajstić information content (AvgIpc) is 2.60. The predicted molar refractivity (Wildman–Crippen MR) is 100 cm³/mol. The molecule has 0 saturated carbocycles. The predicted octanol–water partition coefficient (Wildman–Crippen LogP) is 2.40. The van der Waals surface area contributed by atoms with Crippen molar-refractivity contribution in [1.82, 2.24) is 4.90 Å². The fourth-order valence-corrected chi connectivity index (χ4v) is 3.13. The van der Waals surface area contributed by atoms with Crippen molar-refractivity contribution >= 4 is 5.97 Å². The average molecular weight is 371 g/mol. The van der Waals surface area contributed by atoms with Gasteiger partial charge in [-0.2, -0.15) is 5.26 Å². The summed E-state index contributed by atoms with van der Waals surface area (Å²) in [5, 5.41) is 9.65. The number of hydrogen-bond acceptors (Lipinski definition) is 7. The Kier molecular flexibility index (Phi) is 6.48. The second kappa shape index (κ2) is 8.60. The molecule has 27 heavy (non-hydrogen) atoms. The van der Waals surface area contributed by atoms with Crippen LogP contribution < -0.4 is 10.5 Å². The summed E-state index contributed by atoms with van der Waals surface area (Å²) in [4.78, 5) is 14.6. The number of nitrogens with zero attached hydrogens (tertiary/aromatic N) is 2. The Morgan fingerprint density at radius 1 is 1.41 bits per heavy atom. The van der Waals surface area contributed by atoms with E-state index in [1.807, 2.05) is 37.2 Å². The Hall–Kier alpha value is -2.98. The summed E-state index contributed by atoms with van der Waals surface area (Å²) in [7, 11) is 5.51. The number of nitrogens with two attached hydrogens (primary N) is 1. The van der Waals surface area contributed by atoms with Crippen LogP contribution in [0.25, 0.3) is 0 Å². The number of carbonyl (C=O) groups excluding carboxylic acids is 1. The summed E-state index contributed by atoms with van der Waals surface area (Å²) in [6.07, 6.45) is 0. The lowest BCUT2D eigenvalue weighted by atomic mass is 9.82. The van der Waals surface area contributed by atoms with E-state index in [2.05, 4.69) is 6.07 Å². The van der Waals surface area contributed by atoms with Gasteiger partial charge in [-0.1, -0.05) is 6.07 Å². The van der Waals surface area contributed by atoms with Gasteiger partial charge in [-0.05, 0) is 45.6 Å². The second-order valence-corrected chi connectivity index (χ2v) is 6.42. The lowest BCUT2D eigenvalue weighted by Gasteiger charge is -2.27. The zero-order valence-corrected chi connectivity index (χ0v) is 16.3. The molecule has 144 valence electrons. The van der Waals surface area contributed by atoms with E-state index in [4.69, 9.17) is 19.9 Å². The number of rotatable bonds is 6. The summed E-state index contributed by atoms with van der Waals surface area (Å²) in [5.74, 6) is -0.119. The molecule has 0 fully saturated rings. The molecular formula is C20H25N3O4. The molecule has 0 radical (unpaired) electrons. The third kappa shape index (κ3) is 4.23. The van der Waals surface area contributed by atoms with Gasteiger partial charge in [0.05, 0.1) is 25.2 Å². The van der Waals surface area contributed by atoms with Crippen molar-refractivity contribution in [3.63, 3.8) is 0 Å². The number of methoxy groups -OCH3 is 1. The van der Waals surface area contributed by atoms with Crippen LogP contribution in [0.15, 0.2) is 41.0 Å². The molecule has 0 bridgehead atoms. The highest BCUT2D eigenvalue weighted by Gasteiger charge is 2.36. The minimum atomic E-state index is -0.658. The molecule has 1 aliphatic heterocycles. The summed E-state index contributed by atoms with van der Waals surface area (Å²) in [6, 6.07) is 7.66. The summed E-state index contributed by atoms with van der Waals surface area (Å²) >= 11 is 0. The van der Waals surface area contributed by atoms with Gasteiger partial charge in [0, 0.05) is 12.1 Å². The van der Waals surface area contributed by atoms with Crippen LogP contribution in [-0.2, 0) is 20.8 Å². The topological polar surface area (TPSA) is 97.8 Å². The van der Waals surface area contributed by atoms with E-state index in [9.17, 15) is 10.1 Å². The van der Waals surface area contributed by atoms with Crippen LogP contribution in [0.3, 0.4) is 0 Å². The van der Waals surface area contributed by atoms with E-state index in [-0.39, 0.29) is 23.6 Å². The van der Waals surface area contributed by atoms with Crippen molar-refractivity contribution in [2.24, 2.45) is 5.73 Å². The van der Waals surface area contributed by atoms with Gasteiger partial charge in [-0.25, -0.2) is 4.79 Å². The molecule has 2 rings (SSSR count). The van der Waals surface area contributed by atoms with E-state index in [1.165, 1.54) is 0 Å². The Balaban J connectivity index is 2.64. The number of carbonyl (C=O) groups is 1. The molecule has 0 aromatic heterocycles. The molecule has 2 N–H and O–H groups in total. The van der Waals surface area contributed by atoms with E-state index in [0.717, 1.165) is 16.9 Å². The van der Waals surface area contributed by atoms with Crippen molar-refractivity contribution in [3.8, 4) is 11.8 Å². The molecule has 7 nitrogen and oxygen atoms in total. The number of esters is 1. The fraction of sp³-hybridized carbons (Fsp3) is 0.400. The second-order valence-electron chi connectivity index (χ2n) is 6.42. The minimum Gasteiger partial charge on any atom is -0.496 e. The van der Waals surface area contributed by atoms with E-state index >= 15 is 0 Å². The van der Waals surface area contributed by atoms with E-state index in [0.29, 0.717) is 12.3 Å². The van der Waals surface area contributed by atoms with Crippen LogP contribution in [0.4, 0.5) is 0 Å². The van der Waals surface area contributed by atoms with Crippen LogP contribution in [0.5, 0.6) is 5.75 Å². The van der Waals surface area contributed by atoms with Crippen molar-refractivity contribution < 1.29 is 19.0 Å². The van der Waals surface area contributed by atoms with Crippen LogP contribution in [0.2, 0.25) is 0 Å². The van der Waals surface area contributed by atoms with Gasteiger partial charge in [0.15, 0.2) is 0 Å². The van der Waals surface area contributed by atoms with Crippen LogP contribution in [0.1, 0.15) is 30.9 Å². The summed E-state index contributed by atoms with van der Waals surface area (Å²) in [5.41, 5.74) is 8.08. The van der Waals surface area contributed by atoms with Gasteiger partial charge in [-0.3, -0.25) is 0 Å². The van der Waals surface area contributed by atoms with Crippen molar-refractivity contribution in [2.45, 2.75) is 26.3 Å². The Bertz CT molecular complexity index is 834. The molecule has 1 aromatic rings. The fourth-order valence-electron chi connectivity index (χ4n) is 3.13. The minimum absolute atomic E-state index is 0.00183. The molecule has 0 amide bonds. The van der Waals surface area contributed by atoms with Crippen molar-refractivity contribution in [3.05, 3.63) is 52.1 Å². The number of nitriles is 1. The molecule has 1 atom stereocenters. The zero-order valence-electron chi connectivity index (χ0n) is 16.3. The summed E-state index contributed by atoms with van der Waals surface area (Å²) in [6.45, 7) is 4.23. The third-order valence-electron chi connectivity index (χ3n) is 4.23. The van der Waals surface area contributed by atoms with Gasteiger partial charge in [-0.15, -0.1) is 0 Å². The molecule has 7 heteroatoms. The highest BCUT2D eigenvalue weighted by Crippen LogP contribution is 2.40. The van der Waals surface area contributed by atoms with E-state index in [1.54, 1.807) is 21.0 Å². The van der Waals surface area contributed by atoms with Crippen LogP contribution in [-0.4, -0.2) is 38.7 Å². The first-order chi connectivity index (χ1) is 12.8. The standard InChI is InChI=1S/C20H25N3O4/c1-6-26-20(24)17-12(2)27-19(22)15(10-21)18(17)13-7-8-16(25-5)14(9-13)11-23(3)4/h7-9,18H,6,11,22H2,1-5H3. The monoisotopic (exact) mass is 371 g/mol.